The van der Waals surface area contributed by atoms with Gasteiger partial charge in [-0.3, -0.25) is 14.3 Å². The minimum absolute atomic E-state index is 0.162. The van der Waals surface area contributed by atoms with Crippen molar-refractivity contribution in [3.8, 4) is 12.3 Å². The van der Waals surface area contributed by atoms with Gasteiger partial charge >= 0.3 is 5.69 Å². The van der Waals surface area contributed by atoms with Crippen LogP contribution in [0.1, 0.15) is 6.23 Å². The summed E-state index contributed by atoms with van der Waals surface area (Å²) in [5.74, 6) is 2.64. The summed E-state index contributed by atoms with van der Waals surface area (Å²) in [5, 5.41) is 9.30. The minimum atomic E-state index is -0.784. The van der Waals surface area contributed by atoms with Gasteiger partial charge in [-0.05, 0) is 0 Å². The van der Waals surface area contributed by atoms with E-state index in [0.717, 1.165) is 0 Å². The van der Waals surface area contributed by atoms with Gasteiger partial charge in [-0.2, -0.15) is 0 Å². The Kier molecular flexibility index (Phi) is 4.38. The molecule has 19 heavy (non-hydrogen) atoms. The van der Waals surface area contributed by atoms with Gasteiger partial charge in [0.1, 0.15) is 3.42 Å². The van der Waals surface area contributed by atoms with Crippen LogP contribution in [0.15, 0.2) is 21.9 Å². The van der Waals surface area contributed by atoms with Crippen molar-refractivity contribution in [3.05, 3.63) is 33.1 Å². The van der Waals surface area contributed by atoms with Gasteiger partial charge in [0.25, 0.3) is 5.56 Å². The van der Waals surface area contributed by atoms with Gasteiger partial charge < -0.3 is 9.84 Å². The van der Waals surface area contributed by atoms with Crippen LogP contribution in [0, 0.1) is 12.3 Å². The molecular formula is C11H10I2N2O4. The molecule has 4 atom stereocenters. The lowest BCUT2D eigenvalue weighted by molar-refractivity contribution is -0.0248. The standard InChI is InChI=1S/C11H10I2N2O4/c1-2-11(13)8(12)6(5-16)19-9(11)15-4-3-7(17)14-10(15)18/h1,3-4,6,8-9,16H,5H2,(H,14,17,18)/t6-,8?,9-,11-/m1/s1. The van der Waals surface area contributed by atoms with E-state index in [1.54, 1.807) is 0 Å². The van der Waals surface area contributed by atoms with Crippen LogP contribution in [-0.4, -0.2) is 34.7 Å². The molecule has 1 aliphatic rings. The predicted molar refractivity (Wildman–Crippen MR) is 85.7 cm³/mol. The van der Waals surface area contributed by atoms with Crippen molar-refractivity contribution in [2.75, 3.05) is 6.61 Å². The van der Waals surface area contributed by atoms with Crippen molar-refractivity contribution < 1.29 is 9.84 Å². The summed E-state index contributed by atoms with van der Waals surface area (Å²) in [4.78, 5) is 25.1. The zero-order valence-electron chi connectivity index (χ0n) is 9.55. The van der Waals surface area contributed by atoms with E-state index in [2.05, 4.69) is 56.1 Å². The van der Waals surface area contributed by atoms with Crippen LogP contribution in [0.25, 0.3) is 0 Å². The molecule has 2 heterocycles. The monoisotopic (exact) mass is 488 g/mol. The van der Waals surface area contributed by atoms with E-state index in [-0.39, 0.29) is 10.5 Å². The number of aromatic amines is 1. The fourth-order valence-corrected chi connectivity index (χ4v) is 3.64. The molecule has 8 heteroatoms. The quantitative estimate of drug-likeness (QED) is 0.350. The number of aromatic nitrogens is 2. The molecule has 1 saturated heterocycles. The number of halogens is 2. The Balaban J connectivity index is 2.52. The lowest BCUT2D eigenvalue weighted by atomic mass is 10.0. The van der Waals surface area contributed by atoms with Crippen molar-refractivity contribution in [2.45, 2.75) is 19.7 Å². The third-order valence-corrected chi connectivity index (χ3v) is 7.39. The Morgan fingerprint density at radius 1 is 1.63 bits per heavy atom. The maximum absolute atomic E-state index is 11.8. The third kappa shape index (κ3) is 2.48. The molecule has 0 amide bonds. The number of nitrogens with one attached hydrogen (secondary N) is 1. The van der Waals surface area contributed by atoms with Crippen LogP contribution in [0.3, 0.4) is 0 Å². The van der Waals surface area contributed by atoms with Crippen molar-refractivity contribution in [3.63, 3.8) is 0 Å². The van der Waals surface area contributed by atoms with E-state index in [0.29, 0.717) is 0 Å². The molecule has 0 aliphatic carbocycles. The molecule has 0 radical (unpaired) electrons. The van der Waals surface area contributed by atoms with Gasteiger partial charge in [0, 0.05) is 12.3 Å². The van der Waals surface area contributed by atoms with Gasteiger partial charge in [-0.15, -0.1) is 6.42 Å². The van der Waals surface area contributed by atoms with E-state index in [9.17, 15) is 14.7 Å². The maximum Gasteiger partial charge on any atom is 0.330 e. The largest absolute Gasteiger partial charge is 0.394 e. The van der Waals surface area contributed by atoms with Crippen LogP contribution in [0.4, 0.5) is 0 Å². The average molecular weight is 488 g/mol. The molecule has 102 valence electrons. The molecule has 0 bridgehead atoms. The molecule has 1 fully saturated rings. The molecule has 0 aromatic carbocycles. The lowest BCUT2D eigenvalue weighted by Crippen LogP contribution is -2.41. The topological polar surface area (TPSA) is 84.3 Å². The zero-order chi connectivity index (χ0) is 14.2. The molecular weight excluding hydrogens is 478 g/mol. The summed E-state index contributed by atoms with van der Waals surface area (Å²) in [6, 6.07) is 1.23. The second-order valence-electron chi connectivity index (χ2n) is 4.04. The second kappa shape index (κ2) is 5.55. The Labute approximate surface area is 135 Å². The third-order valence-electron chi connectivity index (χ3n) is 2.90. The Morgan fingerprint density at radius 3 is 2.84 bits per heavy atom. The number of aliphatic hydroxyl groups is 1. The second-order valence-corrected chi connectivity index (χ2v) is 7.17. The van der Waals surface area contributed by atoms with Crippen LogP contribution < -0.4 is 11.2 Å². The number of ether oxygens (including phenoxy) is 1. The van der Waals surface area contributed by atoms with E-state index in [1.165, 1.54) is 16.8 Å². The van der Waals surface area contributed by atoms with Gasteiger partial charge in [0.2, 0.25) is 0 Å². The smallest absolute Gasteiger partial charge is 0.330 e. The summed E-state index contributed by atoms with van der Waals surface area (Å²) in [6.07, 6.45) is 5.72. The summed E-state index contributed by atoms with van der Waals surface area (Å²) < 4.78 is 5.97. The van der Waals surface area contributed by atoms with Crippen molar-refractivity contribution in [1.29, 1.82) is 0 Å². The first-order valence-corrected chi connectivity index (χ1v) is 7.65. The van der Waals surface area contributed by atoms with E-state index in [1.807, 2.05) is 0 Å². The van der Waals surface area contributed by atoms with E-state index < -0.39 is 27.0 Å². The molecule has 6 nitrogen and oxygen atoms in total. The number of rotatable bonds is 2. The number of H-pyrrole nitrogens is 1. The number of nitrogens with zero attached hydrogens (tertiary/aromatic N) is 1. The highest BCUT2D eigenvalue weighted by molar-refractivity contribution is 14.1. The normalized spacial score (nSPS) is 34.1. The minimum Gasteiger partial charge on any atom is -0.394 e. The van der Waals surface area contributed by atoms with Gasteiger partial charge in [-0.25, -0.2) is 4.79 Å². The first kappa shape index (κ1) is 15.0. The fourth-order valence-electron chi connectivity index (χ4n) is 1.91. The van der Waals surface area contributed by atoms with Crippen LogP contribution in [0.5, 0.6) is 0 Å². The van der Waals surface area contributed by atoms with Gasteiger partial charge in [-0.1, -0.05) is 51.1 Å². The molecule has 0 saturated carbocycles. The Hall–Kier alpha value is -0.380. The molecule has 1 unspecified atom stereocenters. The van der Waals surface area contributed by atoms with Crippen molar-refractivity contribution >= 4 is 45.2 Å². The van der Waals surface area contributed by atoms with Crippen LogP contribution >= 0.6 is 45.2 Å². The Morgan fingerprint density at radius 2 is 2.32 bits per heavy atom. The van der Waals surface area contributed by atoms with Gasteiger partial charge in [0.15, 0.2) is 6.23 Å². The van der Waals surface area contributed by atoms with Gasteiger partial charge in [0.05, 0.1) is 16.6 Å². The first-order chi connectivity index (χ1) is 8.93. The van der Waals surface area contributed by atoms with Crippen LogP contribution in [0.2, 0.25) is 0 Å². The number of hydrogen-bond acceptors (Lipinski definition) is 4. The Bertz CT molecular complexity index is 635. The van der Waals surface area contributed by atoms with Crippen molar-refractivity contribution in [2.24, 2.45) is 0 Å². The van der Waals surface area contributed by atoms with Crippen LogP contribution in [-0.2, 0) is 4.74 Å². The molecule has 2 N–H and O–H groups in total. The predicted octanol–water partition coefficient (Wildman–Crippen LogP) is 0.0369. The highest BCUT2D eigenvalue weighted by Crippen LogP contribution is 2.47. The molecule has 1 aromatic heterocycles. The first-order valence-electron chi connectivity index (χ1n) is 5.32. The fraction of sp³-hybridized carbons (Fsp3) is 0.455. The summed E-state index contributed by atoms with van der Waals surface area (Å²) in [7, 11) is 0. The summed E-state index contributed by atoms with van der Waals surface area (Å²) in [5.41, 5.74) is -1.07. The molecule has 1 aliphatic heterocycles. The van der Waals surface area contributed by atoms with Crippen molar-refractivity contribution in [1.82, 2.24) is 9.55 Å². The number of aliphatic hydroxyl groups excluding tert-OH is 1. The number of alkyl halides is 2. The lowest BCUT2D eigenvalue weighted by Gasteiger charge is -2.25. The molecule has 1 aromatic rings. The number of hydrogen-bond donors (Lipinski definition) is 2. The highest BCUT2D eigenvalue weighted by Gasteiger charge is 2.54. The molecule has 0 spiro atoms. The summed E-state index contributed by atoms with van der Waals surface area (Å²) >= 11 is 4.16. The zero-order valence-corrected chi connectivity index (χ0v) is 13.9. The van der Waals surface area contributed by atoms with E-state index >= 15 is 0 Å². The summed E-state index contributed by atoms with van der Waals surface area (Å²) in [6.45, 7) is -0.186. The van der Waals surface area contributed by atoms with E-state index in [4.69, 9.17) is 11.2 Å². The maximum atomic E-state index is 11.8. The highest BCUT2D eigenvalue weighted by atomic mass is 127. The number of terminal acetylenes is 1. The molecule has 2 rings (SSSR count). The SMILES string of the molecule is C#C[C@@]1(I)C(I)[C@@H](CO)O[C@H]1n1ccc(=O)[nH]c1=O. The average Bonchev–Trinajstić information content (AvgIpc) is 2.63.